The van der Waals surface area contributed by atoms with Gasteiger partial charge >= 0.3 is 11.9 Å². The number of alkyl halides is 1. The third-order valence-corrected chi connectivity index (χ3v) is 3.75. The molecule has 0 aromatic heterocycles. The molecule has 22 heavy (non-hydrogen) atoms. The Labute approximate surface area is 140 Å². The molecule has 0 spiro atoms. The summed E-state index contributed by atoms with van der Waals surface area (Å²) in [5.74, 6) is -2.02. The highest BCUT2D eigenvalue weighted by atomic mass is 79.9. The Balaban J connectivity index is 2.23. The lowest BCUT2D eigenvalue weighted by Gasteiger charge is -2.26. The van der Waals surface area contributed by atoms with Crippen LogP contribution < -0.4 is 4.90 Å². The van der Waals surface area contributed by atoms with Crippen molar-refractivity contribution in [1.29, 1.82) is 0 Å². The van der Waals surface area contributed by atoms with Crippen molar-refractivity contribution in [2.75, 3.05) is 24.0 Å². The molecule has 1 aliphatic heterocycles. The van der Waals surface area contributed by atoms with Crippen LogP contribution in [0.1, 0.15) is 6.42 Å². The summed E-state index contributed by atoms with van der Waals surface area (Å²) in [6.45, 7) is -0.232. The van der Waals surface area contributed by atoms with E-state index in [1.54, 1.807) is 24.3 Å². The van der Waals surface area contributed by atoms with Gasteiger partial charge in [-0.3, -0.25) is 14.5 Å². The highest BCUT2D eigenvalue weighted by molar-refractivity contribution is 9.10. The minimum absolute atomic E-state index is 0.253. The minimum atomic E-state index is -0.725. The Kier molecular flexibility index (Phi) is 5.79. The highest BCUT2D eigenvalue weighted by Gasteiger charge is 2.36. The Morgan fingerprint density at radius 2 is 2.23 bits per heavy atom. The summed E-state index contributed by atoms with van der Waals surface area (Å²) in [6.07, 6.45) is 0.389. The van der Waals surface area contributed by atoms with Crippen LogP contribution in [0.4, 0.5) is 5.69 Å². The maximum Gasteiger partial charge on any atom is 0.329 e. The molecule has 118 valence electrons. The summed E-state index contributed by atoms with van der Waals surface area (Å²) < 4.78 is 10.4. The molecule has 1 aromatic carbocycles. The van der Waals surface area contributed by atoms with Gasteiger partial charge in [0.1, 0.15) is 11.9 Å². The third-order valence-electron chi connectivity index (χ3n) is 3.04. The van der Waals surface area contributed by atoms with Crippen LogP contribution in [0.3, 0.4) is 0 Å². The van der Waals surface area contributed by atoms with Crippen LogP contribution in [0, 0.1) is 0 Å². The van der Waals surface area contributed by atoms with Crippen LogP contribution >= 0.6 is 27.5 Å². The third kappa shape index (κ3) is 3.98. The zero-order chi connectivity index (χ0) is 16.1. The summed E-state index contributed by atoms with van der Waals surface area (Å²) in [7, 11) is 0. The number of hydrogen-bond acceptors (Lipinski definition) is 5. The second-order valence-electron chi connectivity index (χ2n) is 4.51. The van der Waals surface area contributed by atoms with E-state index in [9.17, 15) is 14.4 Å². The molecule has 8 heteroatoms. The molecule has 6 nitrogen and oxygen atoms in total. The molecule has 1 aliphatic rings. The van der Waals surface area contributed by atoms with E-state index in [0.29, 0.717) is 12.1 Å². The average molecular weight is 391 g/mol. The summed E-state index contributed by atoms with van der Waals surface area (Å²) in [6, 6.07) is 6.21. The fraction of sp³-hybridized carbons (Fsp3) is 0.357. The molecule has 0 saturated carbocycles. The van der Waals surface area contributed by atoms with E-state index < -0.39 is 30.5 Å². The predicted octanol–water partition coefficient (Wildman–Crippen LogP) is 1.88. The van der Waals surface area contributed by atoms with Crippen LogP contribution in [0.2, 0.25) is 0 Å². The lowest BCUT2D eigenvalue weighted by atomic mass is 10.1. The zero-order valence-corrected chi connectivity index (χ0v) is 13.8. The Morgan fingerprint density at radius 3 is 2.82 bits per heavy atom. The average Bonchev–Trinajstić information content (AvgIpc) is 2.91. The number of esters is 2. The van der Waals surface area contributed by atoms with Crippen molar-refractivity contribution in [2.45, 2.75) is 12.5 Å². The van der Waals surface area contributed by atoms with E-state index in [2.05, 4.69) is 15.9 Å². The van der Waals surface area contributed by atoms with Crippen LogP contribution in [0.5, 0.6) is 0 Å². The fourth-order valence-electron chi connectivity index (χ4n) is 2.09. The number of ether oxygens (including phenoxy) is 2. The summed E-state index contributed by atoms with van der Waals surface area (Å²) in [4.78, 5) is 36.6. The molecule has 1 saturated heterocycles. The van der Waals surface area contributed by atoms with E-state index in [1.165, 1.54) is 4.90 Å². The number of halogens is 2. The van der Waals surface area contributed by atoms with E-state index >= 15 is 0 Å². The second kappa shape index (κ2) is 7.60. The van der Waals surface area contributed by atoms with Gasteiger partial charge in [0, 0.05) is 16.6 Å². The summed E-state index contributed by atoms with van der Waals surface area (Å²) >= 11 is 8.64. The summed E-state index contributed by atoms with van der Waals surface area (Å²) in [5.41, 5.74) is 0.519. The van der Waals surface area contributed by atoms with Gasteiger partial charge < -0.3 is 9.47 Å². The fourth-order valence-corrected chi connectivity index (χ4v) is 2.56. The molecule has 2 rings (SSSR count). The van der Waals surface area contributed by atoms with E-state index in [1.807, 2.05) is 0 Å². The minimum Gasteiger partial charge on any atom is -0.464 e. The smallest absolute Gasteiger partial charge is 0.329 e. The number of benzene rings is 1. The van der Waals surface area contributed by atoms with Crippen molar-refractivity contribution in [3.63, 3.8) is 0 Å². The van der Waals surface area contributed by atoms with E-state index in [-0.39, 0.29) is 12.5 Å². The number of rotatable bonds is 5. The highest BCUT2D eigenvalue weighted by Crippen LogP contribution is 2.26. The normalized spacial score (nSPS) is 17.0. The Bertz CT molecular complexity index is 594. The van der Waals surface area contributed by atoms with Gasteiger partial charge in [-0.25, -0.2) is 4.79 Å². The number of amides is 1. The van der Waals surface area contributed by atoms with Crippen molar-refractivity contribution in [3.8, 4) is 0 Å². The van der Waals surface area contributed by atoms with Crippen molar-refractivity contribution in [1.82, 2.24) is 0 Å². The molecule has 0 radical (unpaired) electrons. The second-order valence-corrected chi connectivity index (χ2v) is 5.69. The molecule has 0 aliphatic carbocycles. The monoisotopic (exact) mass is 389 g/mol. The first-order valence-corrected chi connectivity index (χ1v) is 7.81. The lowest BCUT2D eigenvalue weighted by molar-refractivity contribution is -0.146. The topological polar surface area (TPSA) is 72.9 Å². The molecule has 1 atom stereocenters. The van der Waals surface area contributed by atoms with Crippen LogP contribution in [0.25, 0.3) is 0 Å². The number of cyclic esters (lactones) is 1. The molecule has 0 bridgehead atoms. The largest absolute Gasteiger partial charge is 0.464 e. The lowest BCUT2D eigenvalue weighted by Crippen LogP contribution is -2.45. The van der Waals surface area contributed by atoms with Gasteiger partial charge in [0.15, 0.2) is 6.61 Å². The molecular weight excluding hydrogens is 378 g/mol. The Hall–Kier alpha value is -1.60. The van der Waals surface area contributed by atoms with Crippen molar-refractivity contribution < 1.29 is 23.9 Å². The standard InChI is InChI=1S/C14H13BrClNO5/c15-9-2-1-3-10(6-9)17(11-4-5-21-14(11)20)12(18)8-22-13(19)7-16/h1-3,6,11H,4-5,7-8H2. The van der Waals surface area contributed by atoms with Crippen molar-refractivity contribution in [3.05, 3.63) is 28.7 Å². The van der Waals surface area contributed by atoms with Gasteiger partial charge in [-0.05, 0) is 18.2 Å². The maximum absolute atomic E-state index is 12.4. The SMILES string of the molecule is O=C(CCl)OCC(=O)N(c1cccc(Br)c1)C1CCOC1=O. The Morgan fingerprint density at radius 1 is 1.45 bits per heavy atom. The molecule has 1 unspecified atom stereocenters. The van der Waals surface area contributed by atoms with Gasteiger partial charge in [0.25, 0.3) is 5.91 Å². The van der Waals surface area contributed by atoms with Crippen molar-refractivity contribution in [2.24, 2.45) is 0 Å². The molecule has 1 fully saturated rings. The van der Waals surface area contributed by atoms with Gasteiger partial charge in [-0.1, -0.05) is 22.0 Å². The number of nitrogens with zero attached hydrogens (tertiary/aromatic N) is 1. The van der Waals surface area contributed by atoms with E-state index in [4.69, 9.17) is 21.1 Å². The first-order valence-electron chi connectivity index (χ1n) is 6.49. The quantitative estimate of drug-likeness (QED) is 0.567. The van der Waals surface area contributed by atoms with Crippen molar-refractivity contribution >= 4 is 51.1 Å². The van der Waals surface area contributed by atoms with Crippen LogP contribution in [-0.2, 0) is 23.9 Å². The number of hydrogen-bond donors (Lipinski definition) is 0. The molecule has 1 amide bonds. The van der Waals surface area contributed by atoms with Gasteiger partial charge in [0.05, 0.1) is 6.61 Å². The van der Waals surface area contributed by atoms with Gasteiger partial charge in [0.2, 0.25) is 0 Å². The van der Waals surface area contributed by atoms with Gasteiger partial charge in [-0.15, -0.1) is 11.6 Å². The zero-order valence-electron chi connectivity index (χ0n) is 11.5. The number of anilines is 1. The predicted molar refractivity (Wildman–Crippen MR) is 82.7 cm³/mol. The van der Waals surface area contributed by atoms with E-state index in [0.717, 1.165) is 4.47 Å². The number of carbonyl (C=O) groups is 3. The van der Waals surface area contributed by atoms with Crippen LogP contribution in [0.15, 0.2) is 28.7 Å². The molecule has 0 N–H and O–H groups in total. The summed E-state index contributed by atoms with van der Waals surface area (Å²) in [5, 5.41) is 0. The molecular formula is C14H13BrClNO5. The van der Waals surface area contributed by atoms with Crippen LogP contribution in [-0.4, -0.2) is 43.0 Å². The first-order chi connectivity index (χ1) is 10.5. The molecule has 1 aromatic rings. The first kappa shape index (κ1) is 16.8. The number of carbonyl (C=O) groups excluding carboxylic acids is 3. The molecule has 1 heterocycles. The maximum atomic E-state index is 12.4. The van der Waals surface area contributed by atoms with Gasteiger partial charge in [-0.2, -0.15) is 0 Å².